The van der Waals surface area contributed by atoms with Crippen LogP contribution in [0.5, 0.6) is 0 Å². The predicted molar refractivity (Wildman–Crippen MR) is 96.5 cm³/mol. The van der Waals surface area contributed by atoms with Crippen LogP contribution in [0, 0.1) is 0 Å². The topological polar surface area (TPSA) is 69.4 Å². The Kier molecular flexibility index (Phi) is 5.63. The van der Waals surface area contributed by atoms with Crippen molar-refractivity contribution >= 4 is 57.8 Å². The number of para-hydroxylation sites is 2. The highest BCUT2D eigenvalue weighted by Crippen LogP contribution is 2.24. The smallest absolute Gasteiger partial charge is 0.316 e. The molecule has 25 heavy (non-hydrogen) atoms. The summed E-state index contributed by atoms with van der Waals surface area (Å²) in [6, 6.07) is 11.8. The van der Waals surface area contributed by atoms with E-state index in [0.717, 1.165) is 11.8 Å². The molecule has 5 nitrogen and oxygen atoms in total. The molecule has 0 atom stereocenters. The maximum absolute atomic E-state index is 12.0. The van der Waals surface area contributed by atoms with Crippen LogP contribution in [0.4, 0.5) is 0 Å². The number of carbonyl (C=O) groups excluding carboxylic acids is 2. The molecule has 0 radical (unpaired) electrons. The summed E-state index contributed by atoms with van der Waals surface area (Å²) in [6.07, 6.45) is 0. The zero-order valence-electron chi connectivity index (χ0n) is 12.7. The van der Waals surface area contributed by atoms with E-state index in [4.69, 9.17) is 32.4 Å². The molecule has 0 spiro atoms. The van der Waals surface area contributed by atoms with Crippen LogP contribution in [0.1, 0.15) is 10.4 Å². The maximum Gasteiger partial charge on any atom is 0.316 e. The molecule has 3 aromatic rings. The second-order valence-corrected chi connectivity index (χ2v) is 6.71. The standard InChI is InChI=1S/C17H11Cl2NO4S/c18-10-5-6-11(12(19)7-10)14(21)8-23-16(22)9-25-17-20-13-3-1-2-4-15(13)24-17/h1-7H,8-9H2. The number of nitrogens with zero attached hydrogens (tertiary/aromatic N) is 1. The fourth-order valence-corrected chi connectivity index (χ4v) is 3.16. The summed E-state index contributed by atoms with van der Waals surface area (Å²) >= 11 is 12.8. The Morgan fingerprint density at radius 3 is 2.72 bits per heavy atom. The largest absolute Gasteiger partial charge is 0.457 e. The predicted octanol–water partition coefficient (Wildman–Crippen LogP) is 4.65. The zero-order chi connectivity index (χ0) is 17.8. The first-order valence-electron chi connectivity index (χ1n) is 7.15. The number of ether oxygens (including phenoxy) is 1. The normalized spacial score (nSPS) is 10.8. The second kappa shape index (κ2) is 7.91. The highest BCUT2D eigenvalue weighted by molar-refractivity contribution is 7.99. The third kappa shape index (κ3) is 4.54. The number of aromatic nitrogens is 1. The number of fused-ring (bicyclic) bond motifs is 1. The zero-order valence-corrected chi connectivity index (χ0v) is 15.0. The highest BCUT2D eigenvalue weighted by Gasteiger charge is 2.15. The van der Waals surface area contributed by atoms with Gasteiger partial charge in [0.25, 0.3) is 5.22 Å². The Morgan fingerprint density at radius 1 is 1.16 bits per heavy atom. The number of benzene rings is 2. The summed E-state index contributed by atoms with van der Waals surface area (Å²) in [6.45, 7) is -0.395. The van der Waals surface area contributed by atoms with Crippen molar-refractivity contribution in [1.29, 1.82) is 0 Å². The van der Waals surface area contributed by atoms with Gasteiger partial charge in [-0.15, -0.1) is 0 Å². The summed E-state index contributed by atoms with van der Waals surface area (Å²) in [7, 11) is 0. The number of hydrogen-bond donors (Lipinski definition) is 0. The summed E-state index contributed by atoms with van der Waals surface area (Å²) in [5, 5.41) is 1.01. The molecule has 0 fully saturated rings. The minimum Gasteiger partial charge on any atom is -0.457 e. The first-order chi connectivity index (χ1) is 12.0. The van der Waals surface area contributed by atoms with Crippen molar-refractivity contribution in [3.63, 3.8) is 0 Å². The first-order valence-corrected chi connectivity index (χ1v) is 8.89. The molecule has 2 aromatic carbocycles. The van der Waals surface area contributed by atoms with E-state index in [1.54, 1.807) is 12.1 Å². The lowest BCUT2D eigenvalue weighted by Crippen LogP contribution is -2.15. The number of halogens is 2. The quantitative estimate of drug-likeness (QED) is 0.343. The van der Waals surface area contributed by atoms with Gasteiger partial charge in [-0.05, 0) is 30.3 Å². The van der Waals surface area contributed by atoms with Crippen molar-refractivity contribution in [1.82, 2.24) is 4.98 Å². The van der Waals surface area contributed by atoms with Gasteiger partial charge in [-0.25, -0.2) is 4.98 Å². The Balaban J connectivity index is 1.51. The van der Waals surface area contributed by atoms with Crippen molar-refractivity contribution in [2.75, 3.05) is 12.4 Å². The number of oxazole rings is 1. The van der Waals surface area contributed by atoms with Crippen LogP contribution in [0.25, 0.3) is 11.1 Å². The maximum atomic E-state index is 12.0. The SMILES string of the molecule is O=C(CSc1nc2ccccc2o1)OCC(=O)c1ccc(Cl)cc1Cl. The number of carbonyl (C=O) groups is 2. The Hall–Kier alpha value is -2.02. The van der Waals surface area contributed by atoms with Gasteiger partial charge < -0.3 is 9.15 Å². The number of rotatable bonds is 6. The average molecular weight is 396 g/mol. The molecule has 0 bridgehead atoms. The fraction of sp³-hybridized carbons (Fsp3) is 0.118. The van der Waals surface area contributed by atoms with Gasteiger partial charge in [0.2, 0.25) is 5.78 Å². The molecule has 8 heteroatoms. The van der Waals surface area contributed by atoms with Crippen molar-refractivity contribution in [3.8, 4) is 0 Å². The van der Waals surface area contributed by atoms with Crippen LogP contribution in [0.15, 0.2) is 52.1 Å². The van der Waals surface area contributed by atoms with E-state index in [9.17, 15) is 9.59 Å². The summed E-state index contributed by atoms with van der Waals surface area (Å²) in [4.78, 5) is 28.1. The van der Waals surface area contributed by atoms with E-state index in [1.165, 1.54) is 12.1 Å². The molecule has 0 saturated heterocycles. The molecule has 1 heterocycles. The Labute approximate surface area is 157 Å². The van der Waals surface area contributed by atoms with Crippen LogP contribution in [-0.4, -0.2) is 29.1 Å². The lowest BCUT2D eigenvalue weighted by Gasteiger charge is -2.05. The molecule has 0 aliphatic rings. The number of hydrogen-bond acceptors (Lipinski definition) is 6. The number of esters is 1. The van der Waals surface area contributed by atoms with E-state index in [2.05, 4.69) is 4.98 Å². The van der Waals surface area contributed by atoms with E-state index >= 15 is 0 Å². The van der Waals surface area contributed by atoms with Gasteiger partial charge in [-0.2, -0.15) is 0 Å². The van der Waals surface area contributed by atoms with Gasteiger partial charge in [0.1, 0.15) is 11.3 Å². The minimum absolute atomic E-state index is 0.0194. The fourth-order valence-electron chi connectivity index (χ4n) is 2.01. The van der Waals surface area contributed by atoms with Gasteiger partial charge in [0, 0.05) is 10.6 Å². The van der Waals surface area contributed by atoms with Gasteiger partial charge in [0.15, 0.2) is 12.2 Å². The molecule has 128 valence electrons. The second-order valence-electron chi connectivity index (χ2n) is 4.94. The number of thioether (sulfide) groups is 1. The van der Waals surface area contributed by atoms with Crippen LogP contribution in [0.3, 0.4) is 0 Å². The van der Waals surface area contributed by atoms with Crippen LogP contribution < -0.4 is 0 Å². The molecule has 0 N–H and O–H groups in total. The van der Waals surface area contributed by atoms with E-state index in [-0.39, 0.29) is 16.3 Å². The molecular weight excluding hydrogens is 385 g/mol. The van der Waals surface area contributed by atoms with Crippen molar-refractivity contribution in [2.24, 2.45) is 0 Å². The Bertz CT molecular complexity index is 908. The molecular formula is C17H11Cl2NO4S. The third-order valence-electron chi connectivity index (χ3n) is 3.18. The monoisotopic (exact) mass is 395 g/mol. The highest BCUT2D eigenvalue weighted by atomic mass is 35.5. The van der Waals surface area contributed by atoms with Crippen molar-refractivity contribution in [2.45, 2.75) is 5.22 Å². The molecule has 0 unspecified atom stereocenters. The van der Waals surface area contributed by atoms with Crippen LogP contribution in [-0.2, 0) is 9.53 Å². The summed E-state index contributed by atoms with van der Waals surface area (Å²) in [5.41, 5.74) is 1.61. The van der Waals surface area contributed by atoms with Crippen molar-refractivity contribution in [3.05, 3.63) is 58.1 Å². The van der Waals surface area contributed by atoms with Gasteiger partial charge >= 0.3 is 5.97 Å². The van der Waals surface area contributed by atoms with Crippen LogP contribution in [0.2, 0.25) is 10.0 Å². The summed E-state index contributed by atoms with van der Waals surface area (Å²) in [5.74, 6) is -0.971. The van der Waals surface area contributed by atoms with Gasteiger partial charge in [-0.1, -0.05) is 47.1 Å². The molecule has 0 saturated carbocycles. The number of Topliss-reactive ketones (excluding diaryl/α,β-unsaturated/α-hetero) is 1. The lowest BCUT2D eigenvalue weighted by atomic mass is 10.1. The van der Waals surface area contributed by atoms with Crippen molar-refractivity contribution < 1.29 is 18.7 Å². The Morgan fingerprint density at radius 2 is 1.96 bits per heavy atom. The molecule has 1 aromatic heterocycles. The van der Waals surface area contributed by atoms with Gasteiger partial charge in [-0.3, -0.25) is 9.59 Å². The number of ketones is 1. The van der Waals surface area contributed by atoms with Crippen LogP contribution >= 0.6 is 35.0 Å². The molecule has 0 amide bonds. The van der Waals surface area contributed by atoms with E-state index in [0.29, 0.717) is 21.3 Å². The first kappa shape index (κ1) is 17.8. The van der Waals surface area contributed by atoms with Gasteiger partial charge in [0.05, 0.1) is 5.02 Å². The average Bonchev–Trinajstić information content (AvgIpc) is 3.01. The summed E-state index contributed by atoms with van der Waals surface area (Å²) < 4.78 is 10.5. The van der Waals surface area contributed by atoms with E-state index < -0.39 is 18.4 Å². The lowest BCUT2D eigenvalue weighted by molar-refractivity contribution is -0.139. The third-order valence-corrected chi connectivity index (χ3v) is 4.53. The molecule has 3 rings (SSSR count). The molecule has 0 aliphatic heterocycles. The van der Waals surface area contributed by atoms with E-state index in [1.807, 2.05) is 18.2 Å². The molecule has 0 aliphatic carbocycles. The minimum atomic E-state index is -0.550.